The van der Waals surface area contributed by atoms with Crippen LogP contribution in [-0.4, -0.2) is 24.1 Å². The Labute approximate surface area is 157 Å². The first-order valence-electron chi connectivity index (χ1n) is 9.52. The molecular weight excluding hydrogens is 320 g/mol. The highest BCUT2D eigenvalue weighted by atomic mass is 16.5. The van der Waals surface area contributed by atoms with Gasteiger partial charge < -0.3 is 10.5 Å². The lowest BCUT2D eigenvalue weighted by molar-refractivity contribution is 0.240. The van der Waals surface area contributed by atoms with Crippen LogP contribution in [0.3, 0.4) is 0 Å². The molecule has 0 radical (unpaired) electrons. The van der Waals surface area contributed by atoms with Crippen LogP contribution in [0.1, 0.15) is 42.5 Å². The molecule has 3 heteroatoms. The van der Waals surface area contributed by atoms with Crippen molar-refractivity contribution < 1.29 is 4.74 Å². The molecule has 0 saturated carbocycles. The molecular formula is C23H30N2O. The molecule has 3 nitrogen and oxygen atoms in total. The summed E-state index contributed by atoms with van der Waals surface area (Å²) in [4.78, 5) is 2.49. The molecule has 26 heavy (non-hydrogen) atoms. The third kappa shape index (κ3) is 4.54. The van der Waals surface area contributed by atoms with Gasteiger partial charge in [-0.25, -0.2) is 0 Å². The molecule has 0 aromatic heterocycles. The molecule has 0 saturated heterocycles. The second-order valence-corrected chi connectivity index (χ2v) is 7.35. The molecule has 2 aromatic rings. The molecule has 2 aromatic carbocycles. The quantitative estimate of drug-likeness (QED) is 0.832. The molecule has 0 atom stereocenters. The highest BCUT2D eigenvalue weighted by Crippen LogP contribution is 2.32. The fourth-order valence-electron chi connectivity index (χ4n) is 3.56. The molecule has 0 spiro atoms. The van der Waals surface area contributed by atoms with Crippen molar-refractivity contribution in [3.05, 3.63) is 70.8 Å². The van der Waals surface area contributed by atoms with Gasteiger partial charge in [0.2, 0.25) is 0 Å². The third-order valence-electron chi connectivity index (χ3n) is 4.88. The third-order valence-corrected chi connectivity index (χ3v) is 4.88. The van der Waals surface area contributed by atoms with E-state index in [4.69, 9.17) is 10.5 Å². The summed E-state index contributed by atoms with van der Waals surface area (Å²) in [5, 5.41) is 0. The summed E-state index contributed by atoms with van der Waals surface area (Å²) in [5.74, 6) is 0.927. The molecule has 2 N–H and O–H groups in total. The van der Waals surface area contributed by atoms with Crippen LogP contribution in [0.15, 0.2) is 48.5 Å². The maximum Gasteiger partial charge on any atom is 0.124 e. The number of hydrogen-bond acceptors (Lipinski definition) is 3. The van der Waals surface area contributed by atoms with E-state index in [1.807, 2.05) is 0 Å². The number of rotatable bonds is 6. The van der Waals surface area contributed by atoms with Gasteiger partial charge in [0.05, 0.1) is 6.10 Å². The first-order valence-corrected chi connectivity index (χ1v) is 9.52. The second kappa shape index (κ2) is 8.52. The first-order chi connectivity index (χ1) is 12.6. The van der Waals surface area contributed by atoms with Gasteiger partial charge in [-0.2, -0.15) is 0 Å². The van der Waals surface area contributed by atoms with E-state index in [-0.39, 0.29) is 6.10 Å². The standard InChI is InChI=1S/C23H30N2O/c1-17(2)26-23-14-22(18(3)13-21(23)15-24)20-9-11-25(12-10-20)16-19-7-5-4-6-8-19/h4-9,13-14,17H,10-12,15-16,24H2,1-3H3. The number of aryl methyl sites for hydroxylation is 1. The van der Waals surface area contributed by atoms with Crippen molar-refractivity contribution in [2.75, 3.05) is 13.1 Å². The SMILES string of the molecule is Cc1cc(CN)c(OC(C)C)cc1C1=CCN(Cc2ccccc2)CC1. The summed E-state index contributed by atoms with van der Waals surface area (Å²) >= 11 is 0. The van der Waals surface area contributed by atoms with E-state index < -0.39 is 0 Å². The average molecular weight is 351 g/mol. The molecule has 0 unspecified atom stereocenters. The van der Waals surface area contributed by atoms with Crippen LogP contribution in [0.4, 0.5) is 0 Å². The average Bonchev–Trinajstić information content (AvgIpc) is 2.64. The maximum atomic E-state index is 6.01. The van der Waals surface area contributed by atoms with Gasteiger partial charge in [-0.3, -0.25) is 4.90 Å². The van der Waals surface area contributed by atoms with E-state index in [1.165, 1.54) is 22.3 Å². The zero-order chi connectivity index (χ0) is 18.5. The maximum absolute atomic E-state index is 6.01. The summed E-state index contributed by atoms with van der Waals surface area (Å²) in [6.07, 6.45) is 3.59. The summed E-state index contributed by atoms with van der Waals surface area (Å²) in [7, 11) is 0. The summed E-state index contributed by atoms with van der Waals surface area (Å²) in [6, 6.07) is 15.1. The largest absolute Gasteiger partial charge is 0.491 e. The van der Waals surface area contributed by atoms with Gasteiger partial charge in [-0.15, -0.1) is 0 Å². The highest BCUT2D eigenvalue weighted by Gasteiger charge is 2.17. The van der Waals surface area contributed by atoms with Crippen molar-refractivity contribution in [2.45, 2.75) is 46.4 Å². The van der Waals surface area contributed by atoms with Gasteiger partial charge in [-0.1, -0.05) is 42.5 Å². The predicted molar refractivity (Wildman–Crippen MR) is 109 cm³/mol. The van der Waals surface area contributed by atoms with Gasteiger partial charge in [0.15, 0.2) is 0 Å². The Morgan fingerprint density at radius 3 is 2.54 bits per heavy atom. The summed E-state index contributed by atoms with van der Waals surface area (Å²) in [6.45, 7) is 9.87. The van der Waals surface area contributed by atoms with Crippen LogP contribution in [0.2, 0.25) is 0 Å². The Morgan fingerprint density at radius 1 is 1.15 bits per heavy atom. The molecule has 1 aliphatic heterocycles. The Balaban J connectivity index is 1.77. The van der Waals surface area contributed by atoms with Crippen molar-refractivity contribution in [3.63, 3.8) is 0 Å². The Morgan fingerprint density at radius 2 is 1.92 bits per heavy atom. The molecule has 1 aliphatic rings. The minimum atomic E-state index is 0.151. The first kappa shape index (κ1) is 18.7. The van der Waals surface area contributed by atoms with Crippen molar-refractivity contribution >= 4 is 5.57 Å². The number of nitrogens with two attached hydrogens (primary N) is 1. The molecule has 1 heterocycles. The zero-order valence-electron chi connectivity index (χ0n) is 16.2. The Kier molecular flexibility index (Phi) is 6.12. The molecule has 0 fully saturated rings. The smallest absolute Gasteiger partial charge is 0.124 e. The topological polar surface area (TPSA) is 38.5 Å². The fourth-order valence-corrected chi connectivity index (χ4v) is 3.56. The molecule has 3 rings (SSSR count). The second-order valence-electron chi connectivity index (χ2n) is 7.35. The van der Waals surface area contributed by atoms with Gasteiger partial charge in [0.25, 0.3) is 0 Å². The monoisotopic (exact) mass is 350 g/mol. The summed E-state index contributed by atoms with van der Waals surface area (Å²) in [5.41, 5.74) is 12.4. The van der Waals surface area contributed by atoms with Gasteiger partial charge in [0.1, 0.15) is 5.75 Å². The van der Waals surface area contributed by atoms with Crippen LogP contribution in [0.25, 0.3) is 5.57 Å². The van der Waals surface area contributed by atoms with Gasteiger partial charge >= 0.3 is 0 Å². The van der Waals surface area contributed by atoms with E-state index in [0.717, 1.165) is 37.4 Å². The lowest BCUT2D eigenvalue weighted by atomic mass is 9.93. The van der Waals surface area contributed by atoms with E-state index in [1.54, 1.807) is 0 Å². The Bertz CT molecular complexity index is 765. The van der Waals surface area contributed by atoms with Crippen LogP contribution in [0, 0.1) is 6.92 Å². The lowest BCUT2D eigenvalue weighted by Gasteiger charge is -2.27. The molecule has 138 valence electrons. The van der Waals surface area contributed by atoms with Crippen molar-refractivity contribution in [2.24, 2.45) is 5.73 Å². The molecule has 0 bridgehead atoms. The molecule has 0 aliphatic carbocycles. The number of hydrogen-bond donors (Lipinski definition) is 1. The van der Waals surface area contributed by atoms with Crippen molar-refractivity contribution in [1.82, 2.24) is 4.90 Å². The van der Waals surface area contributed by atoms with Crippen molar-refractivity contribution in [3.8, 4) is 5.75 Å². The normalized spacial score (nSPS) is 15.2. The van der Waals surface area contributed by atoms with E-state index in [2.05, 4.69) is 74.2 Å². The van der Waals surface area contributed by atoms with Crippen LogP contribution >= 0.6 is 0 Å². The molecule has 0 amide bonds. The number of nitrogens with zero attached hydrogens (tertiary/aromatic N) is 1. The fraction of sp³-hybridized carbons (Fsp3) is 0.391. The Hall–Kier alpha value is -2.10. The number of ether oxygens (including phenoxy) is 1. The van der Waals surface area contributed by atoms with E-state index in [0.29, 0.717) is 6.54 Å². The van der Waals surface area contributed by atoms with E-state index >= 15 is 0 Å². The predicted octanol–water partition coefficient (Wildman–Crippen LogP) is 4.53. The van der Waals surface area contributed by atoms with E-state index in [9.17, 15) is 0 Å². The minimum Gasteiger partial charge on any atom is -0.491 e. The van der Waals surface area contributed by atoms with Crippen LogP contribution in [0.5, 0.6) is 5.75 Å². The van der Waals surface area contributed by atoms with Crippen LogP contribution < -0.4 is 10.5 Å². The van der Waals surface area contributed by atoms with Crippen LogP contribution in [-0.2, 0) is 13.1 Å². The highest BCUT2D eigenvalue weighted by molar-refractivity contribution is 5.71. The summed E-state index contributed by atoms with van der Waals surface area (Å²) < 4.78 is 6.01. The zero-order valence-corrected chi connectivity index (χ0v) is 16.2. The van der Waals surface area contributed by atoms with Crippen molar-refractivity contribution in [1.29, 1.82) is 0 Å². The number of benzene rings is 2. The van der Waals surface area contributed by atoms with Gasteiger partial charge in [-0.05, 0) is 55.5 Å². The van der Waals surface area contributed by atoms with Gasteiger partial charge in [0, 0.05) is 31.7 Å². The lowest BCUT2D eigenvalue weighted by Crippen LogP contribution is -2.28. The minimum absolute atomic E-state index is 0.151.